The van der Waals surface area contributed by atoms with Crippen LogP contribution in [0.5, 0.6) is 0 Å². The minimum absolute atomic E-state index is 0.848. The molecule has 1 atom stereocenters. The molecule has 1 unspecified atom stereocenters. The van der Waals surface area contributed by atoms with Crippen LogP contribution in [0.3, 0.4) is 0 Å². The van der Waals surface area contributed by atoms with Crippen LogP contribution in [0, 0.1) is 25.7 Å². The quantitative estimate of drug-likeness (QED) is 0.127. The van der Waals surface area contributed by atoms with Crippen LogP contribution in [-0.2, 0) is 0 Å². The summed E-state index contributed by atoms with van der Waals surface area (Å²) in [6, 6.07) is 0. The van der Waals surface area contributed by atoms with Crippen LogP contribution in [0.1, 0.15) is 142 Å². The molecule has 0 bridgehead atoms. The zero-order chi connectivity index (χ0) is 20.7. The number of allylic oxidation sites excluding steroid dienone is 2. The molecular weight excluding hydrogens is 336 g/mol. The second-order valence-electron chi connectivity index (χ2n) is 9.42. The molecule has 28 heavy (non-hydrogen) atoms. The van der Waals surface area contributed by atoms with Gasteiger partial charge in [-0.1, -0.05) is 136 Å². The van der Waals surface area contributed by atoms with Gasteiger partial charge in [0.05, 0.1) is 0 Å². The maximum absolute atomic E-state index is 3.92. The van der Waals surface area contributed by atoms with Crippen LogP contribution in [0.15, 0.2) is 12.2 Å². The third-order valence-electron chi connectivity index (χ3n) is 5.95. The first-order chi connectivity index (χ1) is 13.7. The first kappa shape index (κ1) is 27.7. The summed E-state index contributed by atoms with van der Waals surface area (Å²) in [6.45, 7) is 12.6. The van der Waals surface area contributed by atoms with Gasteiger partial charge in [0.15, 0.2) is 0 Å². The summed E-state index contributed by atoms with van der Waals surface area (Å²) in [6.07, 6.45) is 32.2. The van der Waals surface area contributed by atoms with Crippen LogP contribution in [0.25, 0.3) is 0 Å². The van der Waals surface area contributed by atoms with Gasteiger partial charge in [0.1, 0.15) is 0 Å². The number of unbranched alkanes of at least 4 members (excludes halogenated alkanes) is 14. The first-order valence-corrected chi connectivity index (χ1v) is 12.9. The molecule has 0 aromatic rings. The fourth-order valence-corrected chi connectivity index (χ4v) is 4.25. The standard InChI is InChI=1S/C28H54/c1-5-7-9-11-13-15-17-19-21-23-25-28(26-27(3)4)24-22-20-18-16-14-12-10-8-6-2/h18,20,27-28H,1-2,5-17,19,21-26H2,3-4H3/b20-18+. The molecule has 0 saturated carbocycles. The Labute approximate surface area is 180 Å². The number of hydrogen-bond acceptors (Lipinski definition) is 0. The molecule has 0 heterocycles. The molecule has 0 heteroatoms. The van der Waals surface area contributed by atoms with Gasteiger partial charge >= 0.3 is 0 Å². The Balaban J connectivity index is 3.65. The summed E-state index contributed by atoms with van der Waals surface area (Å²) in [7, 11) is 0. The molecule has 0 aliphatic heterocycles. The van der Waals surface area contributed by atoms with Gasteiger partial charge in [0, 0.05) is 0 Å². The highest BCUT2D eigenvalue weighted by molar-refractivity contribution is 4.82. The van der Waals surface area contributed by atoms with Crippen molar-refractivity contribution in [3.63, 3.8) is 0 Å². The normalized spacial score (nSPS) is 13.0. The average Bonchev–Trinajstić information content (AvgIpc) is 2.67. The lowest BCUT2D eigenvalue weighted by Crippen LogP contribution is -2.04. The highest BCUT2D eigenvalue weighted by Gasteiger charge is 2.10. The third-order valence-corrected chi connectivity index (χ3v) is 5.95. The van der Waals surface area contributed by atoms with Crippen molar-refractivity contribution >= 4 is 0 Å². The van der Waals surface area contributed by atoms with Crippen molar-refractivity contribution < 1.29 is 0 Å². The Morgan fingerprint density at radius 3 is 1.54 bits per heavy atom. The molecule has 0 amide bonds. The molecule has 166 valence electrons. The minimum atomic E-state index is 0.848. The van der Waals surface area contributed by atoms with Crippen LogP contribution in [0.4, 0.5) is 0 Å². The summed E-state index contributed by atoms with van der Waals surface area (Å²) in [5.41, 5.74) is 0. The van der Waals surface area contributed by atoms with E-state index >= 15 is 0 Å². The predicted molar refractivity (Wildman–Crippen MR) is 131 cm³/mol. The van der Waals surface area contributed by atoms with Crippen LogP contribution in [0.2, 0.25) is 0 Å². The lowest BCUT2D eigenvalue weighted by Gasteiger charge is -2.18. The highest BCUT2D eigenvalue weighted by atomic mass is 14.2. The van der Waals surface area contributed by atoms with Gasteiger partial charge in [-0.15, -0.1) is 0 Å². The van der Waals surface area contributed by atoms with E-state index in [0.29, 0.717) is 0 Å². The van der Waals surface area contributed by atoms with Crippen molar-refractivity contribution in [1.82, 2.24) is 0 Å². The average molecular weight is 391 g/mol. The van der Waals surface area contributed by atoms with E-state index in [4.69, 9.17) is 0 Å². The maximum atomic E-state index is 3.92. The van der Waals surface area contributed by atoms with Gasteiger partial charge < -0.3 is 0 Å². The van der Waals surface area contributed by atoms with E-state index in [1.807, 2.05) is 0 Å². The molecule has 0 aromatic carbocycles. The third kappa shape index (κ3) is 22.0. The van der Waals surface area contributed by atoms with Gasteiger partial charge in [-0.05, 0) is 43.9 Å². The molecule has 2 radical (unpaired) electrons. The molecule has 0 fully saturated rings. The summed E-state index contributed by atoms with van der Waals surface area (Å²) in [5.74, 6) is 1.80. The minimum Gasteiger partial charge on any atom is -0.0885 e. The Morgan fingerprint density at radius 1 is 0.536 bits per heavy atom. The molecule has 0 rings (SSSR count). The van der Waals surface area contributed by atoms with E-state index in [-0.39, 0.29) is 0 Å². The largest absolute Gasteiger partial charge is 0.0885 e. The number of hydrogen-bond donors (Lipinski definition) is 0. The summed E-state index contributed by atoms with van der Waals surface area (Å²) in [5, 5.41) is 0. The molecule has 0 spiro atoms. The molecule has 0 aliphatic carbocycles. The lowest BCUT2D eigenvalue weighted by atomic mass is 9.88. The SMILES string of the molecule is [CH2]CCCCCC/C=C/CCC(CCCCCCCCCCC[CH2])CC(C)C. The Hall–Kier alpha value is -0.260. The van der Waals surface area contributed by atoms with E-state index in [9.17, 15) is 0 Å². The molecule has 0 N–H and O–H groups in total. The predicted octanol–water partition coefficient (Wildman–Crippen LogP) is 10.3. The first-order valence-electron chi connectivity index (χ1n) is 12.9. The molecule has 0 aliphatic rings. The molecule has 0 aromatic heterocycles. The van der Waals surface area contributed by atoms with E-state index in [1.165, 1.54) is 116 Å². The lowest BCUT2D eigenvalue weighted by molar-refractivity contribution is 0.352. The fraction of sp³-hybridized carbons (Fsp3) is 0.857. The molecule has 0 nitrogen and oxygen atoms in total. The van der Waals surface area contributed by atoms with Crippen molar-refractivity contribution in [2.45, 2.75) is 142 Å². The van der Waals surface area contributed by atoms with Gasteiger partial charge in [-0.2, -0.15) is 0 Å². The van der Waals surface area contributed by atoms with Crippen LogP contribution >= 0.6 is 0 Å². The van der Waals surface area contributed by atoms with Gasteiger partial charge in [-0.25, -0.2) is 0 Å². The smallest absolute Gasteiger partial charge is 0.0348 e. The zero-order valence-corrected chi connectivity index (χ0v) is 19.9. The van der Waals surface area contributed by atoms with Crippen molar-refractivity contribution in [1.29, 1.82) is 0 Å². The summed E-state index contributed by atoms with van der Waals surface area (Å²) >= 11 is 0. The Bertz CT molecular complexity index is 301. The Kier molecular flexibility index (Phi) is 22.8. The highest BCUT2D eigenvalue weighted by Crippen LogP contribution is 2.24. The van der Waals surface area contributed by atoms with E-state index in [2.05, 4.69) is 39.8 Å². The second kappa shape index (κ2) is 23.0. The van der Waals surface area contributed by atoms with Gasteiger partial charge in [0.2, 0.25) is 0 Å². The zero-order valence-electron chi connectivity index (χ0n) is 19.9. The monoisotopic (exact) mass is 390 g/mol. The van der Waals surface area contributed by atoms with E-state index < -0.39 is 0 Å². The summed E-state index contributed by atoms with van der Waals surface area (Å²) < 4.78 is 0. The fourth-order valence-electron chi connectivity index (χ4n) is 4.25. The Morgan fingerprint density at radius 2 is 1.00 bits per heavy atom. The van der Waals surface area contributed by atoms with Crippen molar-refractivity contribution in [3.05, 3.63) is 26.0 Å². The van der Waals surface area contributed by atoms with Gasteiger partial charge in [0.25, 0.3) is 0 Å². The van der Waals surface area contributed by atoms with Crippen LogP contribution in [-0.4, -0.2) is 0 Å². The maximum Gasteiger partial charge on any atom is -0.0348 e. The van der Waals surface area contributed by atoms with Gasteiger partial charge in [-0.3, -0.25) is 0 Å². The van der Waals surface area contributed by atoms with Crippen molar-refractivity contribution in [3.8, 4) is 0 Å². The van der Waals surface area contributed by atoms with Crippen molar-refractivity contribution in [2.75, 3.05) is 0 Å². The molecular formula is C28H54. The molecule has 0 saturated heterocycles. The van der Waals surface area contributed by atoms with E-state index in [0.717, 1.165) is 24.7 Å². The van der Waals surface area contributed by atoms with Crippen LogP contribution < -0.4 is 0 Å². The summed E-state index contributed by atoms with van der Waals surface area (Å²) in [4.78, 5) is 0. The van der Waals surface area contributed by atoms with Crippen molar-refractivity contribution in [2.24, 2.45) is 11.8 Å². The second-order valence-corrected chi connectivity index (χ2v) is 9.42. The topological polar surface area (TPSA) is 0 Å². The number of rotatable bonds is 22. The van der Waals surface area contributed by atoms with E-state index in [1.54, 1.807) is 0 Å².